The number of carboxylic acids is 1. The molecule has 0 bridgehead atoms. The van der Waals surface area contributed by atoms with E-state index < -0.39 is 18.0 Å². The van der Waals surface area contributed by atoms with Crippen molar-refractivity contribution >= 4 is 23.3 Å². The third kappa shape index (κ3) is 8.20. The highest BCUT2D eigenvalue weighted by molar-refractivity contribution is 5.78. The van der Waals surface area contributed by atoms with Crippen LogP contribution in [0.2, 0.25) is 0 Å². The van der Waals surface area contributed by atoms with Crippen molar-refractivity contribution in [2.75, 3.05) is 11.9 Å². The van der Waals surface area contributed by atoms with Crippen LogP contribution in [0, 0.1) is 13.8 Å². The zero-order valence-corrected chi connectivity index (χ0v) is 24.3. The van der Waals surface area contributed by atoms with Gasteiger partial charge in [-0.25, -0.2) is 9.78 Å². The fraction of sp³-hybridized carbons (Fsp3) is 0.303. The summed E-state index contributed by atoms with van der Waals surface area (Å²) in [7, 11) is 0. The topological polar surface area (TPSA) is 137 Å². The van der Waals surface area contributed by atoms with E-state index in [0.29, 0.717) is 41.6 Å². The van der Waals surface area contributed by atoms with Crippen molar-refractivity contribution in [3.05, 3.63) is 94.9 Å². The maximum absolute atomic E-state index is 12.5. The Morgan fingerprint density at radius 2 is 1.64 bits per heavy atom. The largest absolute Gasteiger partial charge is 0.493 e. The molecule has 4 N–H and O–H groups in total. The van der Waals surface area contributed by atoms with Gasteiger partial charge in [-0.05, 0) is 93.8 Å². The number of rotatable bonds is 13. The van der Waals surface area contributed by atoms with Crippen molar-refractivity contribution < 1.29 is 28.6 Å². The Balaban J connectivity index is 1.40. The summed E-state index contributed by atoms with van der Waals surface area (Å²) in [5, 5.41) is 12.5. The Labute approximate surface area is 245 Å². The zero-order valence-electron chi connectivity index (χ0n) is 24.3. The van der Waals surface area contributed by atoms with Crippen molar-refractivity contribution in [3.63, 3.8) is 0 Å². The highest BCUT2D eigenvalue weighted by atomic mass is 16.5. The summed E-state index contributed by atoms with van der Waals surface area (Å²) in [4.78, 5) is 28.3. The van der Waals surface area contributed by atoms with Gasteiger partial charge in [0.2, 0.25) is 5.89 Å². The maximum Gasteiger partial charge on any atom is 0.327 e. The number of carbonyl (C=O) groups excluding carboxylic acids is 1. The van der Waals surface area contributed by atoms with E-state index in [-0.39, 0.29) is 18.9 Å². The number of ether oxygens (including phenoxy) is 2. The van der Waals surface area contributed by atoms with Gasteiger partial charge in [0.1, 0.15) is 17.6 Å². The summed E-state index contributed by atoms with van der Waals surface area (Å²) >= 11 is 0. The first kappa shape index (κ1) is 30.3. The lowest BCUT2D eigenvalue weighted by atomic mass is 9.97. The zero-order chi connectivity index (χ0) is 30.2. The molecular weight excluding hydrogens is 534 g/mol. The number of nitrogens with two attached hydrogens (primary N) is 1. The molecule has 220 valence electrons. The number of nitrogens with one attached hydrogen (secondary N) is 1. The van der Waals surface area contributed by atoms with E-state index in [1.165, 1.54) is 5.56 Å². The third-order valence-corrected chi connectivity index (χ3v) is 6.64. The molecule has 9 nitrogen and oxygen atoms in total. The van der Waals surface area contributed by atoms with Gasteiger partial charge in [-0.15, -0.1) is 0 Å². The molecule has 9 heteroatoms. The van der Waals surface area contributed by atoms with E-state index in [2.05, 4.69) is 29.4 Å². The molecule has 0 saturated heterocycles. The van der Waals surface area contributed by atoms with Crippen LogP contribution in [0.25, 0.3) is 11.5 Å². The van der Waals surface area contributed by atoms with Gasteiger partial charge in [-0.3, -0.25) is 4.79 Å². The molecule has 0 aliphatic carbocycles. The number of esters is 1. The Hall–Kier alpha value is -4.63. The van der Waals surface area contributed by atoms with Gasteiger partial charge in [0.05, 0.1) is 18.4 Å². The molecule has 4 rings (SSSR count). The molecule has 1 aromatic heterocycles. The van der Waals surface area contributed by atoms with Crippen molar-refractivity contribution in [2.45, 2.75) is 59.1 Å². The summed E-state index contributed by atoms with van der Waals surface area (Å²) in [6.45, 7) is 7.72. The molecule has 1 heterocycles. The molecule has 0 aliphatic rings. The molecule has 4 aromatic rings. The number of aliphatic carboxylic acids is 1. The van der Waals surface area contributed by atoms with E-state index in [4.69, 9.17) is 24.7 Å². The van der Waals surface area contributed by atoms with E-state index in [1.54, 1.807) is 32.0 Å². The molecular formula is C33H37N3O6. The monoisotopic (exact) mass is 571 g/mol. The van der Waals surface area contributed by atoms with Gasteiger partial charge in [0.15, 0.2) is 0 Å². The summed E-state index contributed by atoms with van der Waals surface area (Å²) in [6.07, 6.45) is 0.324. The number of aromatic nitrogens is 1. The van der Waals surface area contributed by atoms with Crippen LogP contribution < -0.4 is 15.8 Å². The minimum Gasteiger partial charge on any atom is -0.493 e. The first-order valence-electron chi connectivity index (χ1n) is 13.9. The van der Waals surface area contributed by atoms with Gasteiger partial charge in [-0.1, -0.05) is 23.8 Å². The van der Waals surface area contributed by atoms with Gasteiger partial charge >= 0.3 is 11.9 Å². The molecule has 42 heavy (non-hydrogen) atoms. The van der Waals surface area contributed by atoms with Crippen LogP contribution in [0.4, 0.5) is 11.4 Å². The van der Waals surface area contributed by atoms with E-state index in [1.807, 2.05) is 43.3 Å². The minimum atomic E-state index is -1.06. The van der Waals surface area contributed by atoms with E-state index in [9.17, 15) is 9.59 Å². The van der Waals surface area contributed by atoms with E-state index >= 15 is 0 Å². The fourth-order valence-corrected chi connectivity index (χ4v) is 4.40. The number of benzene rings is 3. The van der Waals surface area contributed by atoms with Crippen molar-refractivity contribution in [3.8, 4) is 17.2 Å². The van der Waals surface area contributed by atoms with Crippen LogP contribution in [-0.2, 0) is 27.2 Å². The average Bonchev–Trinajstić information content (AvgIpc) is 3.33. The second kappa shape index (κ2) is 13.8. The van der Waals surface area contributed by atoms with Crippen LogP contribution in [0.15, 0.2) is 71.1 Å². The fourth-order valence-electron chi connectivity index (χ4n) is 4.40. The Morgan fingerprint density at radius 3 is 2.29 bits per heavy atom. The highest BCUT2D eigenvalue weighted by Gasteiger charge is 2.23. The van der Waals surface area contributed by atoms with Crippen LogP contribution in [0.5, 0.6) is 5.75 Å². The van der Waals surface area contributed by atoms with Crippen molar-refractivity contribution in [1.82, 2.24) is 4.98 Å². The number of hydrogen-bond acceptors (Lipinski definition) is 8. The minimum absolute atomic E-state index is 0.0844. The Morgan fingerprint density at radius 1 is 0.976 bits per heavy atom. The van der Waals surface area contributed by atoms with Gasteiger partial charge in [-0.2, -0.15) is 0 Å². The van der Waals surface area contributed by atoms with Gasteiger partial charge in [0, 0.05) is 29.8 Å². The molecule has 0 spiro atoms. The third-order valence-electron chi connectivity index (χ3n) is 6.64. The number of anilines is 2. The van der Waals surface area contributed by atoms with Gasteiger partial charge in [0.25, 0.3) is 0 Å². The lowest BCUT2D eigenvalue weighted by Crippen LogP contribution is -2.27. The Kier molecular flexibility index (Phi) is 9.98. The quantitative estimate of drug-likeness (QED) is 0.158. The maximum atomic E-state index is 12.5. The Bertz CT molecular complexity index is 1510. The number of carbonyl (C=O) groups is 2. The molecule has 0 saturated carbocycles. The standard InChI is InChI=1S/C33H37N3O6/c1-20(2)41-33(39)31(34)28-19-27(15-9-23(28)10-16-30(37)38)40-18-17-29-22(4)42-32(36-29)24-7-13-26(14-8-24)35-25-11-5-21(3)6-12-25/h5-9,11-15,19-20,31,35H,10,16-18,34H2,1-4H3,(H,37,38). The van der Waals surface area contributed by atoms with Crippen LogP contribution in [0.3, 0.4) is 0 Å². The summed E-state index contributed by atoms with van der Waals surface area (Å²) in [5.74, 6) is 0.234. The van der Waals surface area contributed by atoms with E-state index in [0.717, 1.165) is 22.6 Å². The number of oxazole rings is 1. The first-order valence-corrected chi connectivity index (χ1v) is 13.9. The molecule has 0 fully saturated rings. The highest BCUT2D eigenvalue weighted by Crippen LogP contribution is 2.27. The normalized spacial score (nSPS) is 11.8. The van der Waals surface area contributed by atoms with Crippen molar-refractivity contribution in [1.29, 1.82) is 0 Å². The molecule has 0 amide bonds. The van der Waals surface area contributed by atoms with Gasteiger partial charge < -0.3 is 30.0 Å². The molecule has 3 aromatic carbocycles. The average molecular weight is 572 g/mol. The number of hydrogen-bond donors (Lipinski definition) is 3. The van der Waals surface area contributed by atoms with Crippen LogP contribution >= 0.6 is 0 Å². The molecule has 1 atom stereocenters. The number of carboxylic acid groups (broad SMARTS) is 1. The predicted octanol–water partition coefficient (Wildman–Crippen LogP) is 6.29. The molecule has 1 unspecified atom stereocenters. The molecule has 0 radical (unpaired) electrons. The SMILES string of the molecule is Cc1ccc(Nc2ccc(-c3nc(CCOc4ccc(CCC(=O)O)c(C(N)C(=O)OC(C)C)c4)c(C)o3)cc2)cc1. The second-order valence-electron chi connectivity index (χ2n) is 10.4. The first-order chi connectivity index (χ1) is 20.1. The molecule has 0 aliphatic heterocycles. The second-order valence-corrected chi connectivity index (χ2v) is 10.4. The van der Waals surface area contributed by atoms with Crippen LogP contribution in [0.1, 0.15) is 54.5 Å². The predicted molar refractivity (Wildman–Crippen MR) is 161 cm³/mol. The summed E-state index contributed by atoms with van der Waals surface area (Å²) in [6, 6.07) is 20.2. The number of nitrogens with zero attached hydrogens (tertiary/aromatic N) is 1. The smallest absolute Gasteiger partial charge is 0.327 e. The summed E-state index contributed by atoms with van der Waals surface area (Å²) in [5.41, 5.74) is 12.2. The van der Waals surface area contributed by atoms with Crippen LogP contribution in [-0.4, -0.2) is 34.7 Å². The van der Waals surface area contributed by atoms with Crippen molar-refractivity contribution in [2.24, 2.45) is 5.73 Å². The number of aryl methyl sites for hydroxylation is 3. The lowest BCUT2D eigenvalue weighted by Gasteiger charge is -2.18. The lowest BCUT2D eigenvalue weighted by molar-refractivity contribution is -0.149. The summed E-state index contributed by atoms with van der Waals surface area (Å²) < 4.78 is 17.2.